The van der Waals surface area contributed by atoms with Crippen molar-refractivity contribution in [3.8, 4) is 10.7 Å². The Balaban J connectivity index is 1.48. The SMILES string of the molecule is CC(NC(=O)CCc1csc(-c2ccccn2)n1)C(=O)Nc1ccccc1F. The Labute approximate surface area is 165 Å². The second kappa shape index (κ2) is 9.18. The van der Waals surface area contributed by atoms with Gasteiger partial charge in [0.25, 0.3) is 0 Å². The number of rotatable bonds is 7. The Morgan fingerprint density at radius 3 is 2.71 bits per heavy atom. The van der Waals surface area contributed by atoms with Crippen LogP contribution >= 0.6 is 11.3 Å². The molecule has 2 N–H and O–H groups in total. The Morgan fingerprint density at radius 2 is 1.96 bits per heavy atom. The van der Waals surface area contributed by atoms with Gasteiger partial charge in [-0.05, 0) is 37.6 Å². The Morgan fingerprint density at radius 1 is 1.18 bits per heavy atom. The van der Waals surface area contributed by atoms with Crippen LogP contribution in [0.2, 0.25) is 0 Å². The maximum atomic E-state index is 13.6. The van der Waals surface area contributed by atoms with E-state index in [1.54, 1.807) is 19.2 Å². The Bertz CT molecular complexity index is 962. The highest BCUT2D eigenvalue weighted by Gasteiger charge is 2.17. The lowest BCUT2D eigenvalue weighted by Gasteiger charge is -2.14. The van der Waals surface area contributed by atoms with Crippen molar-refractivity contribution in [3.63, 3.8) is 0 Å². The molecule has 2 aromatic heterocycles. The molecule has 0 fully saturated rings. The number of carbonyl (C=O) groups is 2. The highest BCUT2D eigenvalue weighted by atomic mass is 32.1. The van der Waals surface area contributed by atoms with Crippen LogP contribution in [0.15, 0.2) is 54.0 Å². The highest BCUT2D eigenvalue weighted by molar-refractivity contribution is 7.13. The number of nitrogens with zero attached hydrogens (tertiary/aromatic N) is 2. The van der Waals surface area contributed by atoms with Gasteiger partial charge in [-0.1, -0.05) is 18.2 Å². The van der Waals surface area contributed by atoms with Crippen molar-refractivity contribution in [2.24, 2.45) is 0 Å². The first kappa shape index (κ1) is 19.6. The maximum absolute atomic E-state index is 13.6. The second-order valence-corrected chi connectivity index (χ2v) is 6.98. The van der Waals surface area contributed by atoms with E-state index in [9.17, 15) is 14.0 Å². The van der Waals surface area contributed by atoms with E-state index in [-0.39, 0.29) is 18.0 Å². The van der Waals surface area contributed by atoms with Gasteiger partial charge in [0.15, 0.2) is 0 Å². The molecule has 0 spiro atoms. The van der Waals surface area contributed by atoms with Crippen LogP contribution in [0.1, 0.15) is 19.0 Å². The van der Waals surface area contributed by atoms with Crippen molar-refractivity contribution in [1.82, 2.24) is 15.3 Å². The van der Waals surface area contributed by atoms with Gasteiger partial charge < -0.3 is 10.6 Å². The molecule has 0 bridgehead atoms. The number of anilines is 1. The summed E-state index contributed by atoms with van der Waals surface area (Å²) in [5.74, 6) is -1.28. The molecule has 2 amide bonds. The number of amides is 2. The monoisotopic (exact) mass is 398 g/mol. The topological polar surface area (TPSA) is 84.0 Å². The van der Waals surface area contributed by atoms with Crippen molar-refractivity contribution in [2.45, 2.75) is 25.8 Å². The van der Waals surface area contributed by atoms with Gasteiger partial charge in [0.05, 0.1) is 17.1 Å². The number of hydrogen-bond acceptors (Lipinski definition) is 5. The molecule has 0 aliphatic heterocycles. The number of nitrogens with one attached hydrogen (secondary N) is 2. The predicted molar refractivity (Wildman–Crippen MR) is 106 cm³/mol. The molecule has 28 heavy (non-hydrogen) atoms. The largest absolute Gasteiger partial charge is 0.345 e. The molecular formula is C20H19FN4O2S. The van der Waals surface area contributed by atoms with Crippen molar-refractivity contribution in [2.75, 3.05) is 5.32 Å². The summed E-state index contributed by atoms with van der Waals surface area (Å²) >= 11 is 1.47. The fourth-order valence-electron chi connectivity index (χ4n) is 2.45. The molecule has 8 heteroatoms. The molecule has 0 aliphatic carbocycles. The number of para-hydroxylation sites is 1. The van der Waals surface area contributed by atoms with Crippen LogP contribution in [-0.2, 0) is 16.0 Å². The summed E-state index contributed by atoms with van der Waals surface area (Å²) < 4.78 is 13.6. The van der Waals surface area contributed by atoms with E-state index in [4.69, 9.17) is 0 Å². The molecule has 6 nitrogen and oxygen atoms in total. The fourth-order valence-corrected chi connectivity index (χ4v) is 3.28. The maximum Gasteiger partial charge on any atom is 0.246 e. The number of hydrogen-bond donors (Lipinski definition) is 2. The number of aromatic nitrogens is 2. The van der Waals surface area contributed by atoms with Crippen molar-refractivity contribution in [1.29, 1.82) is 0 Å². The predicted octanol–water partition coefficient (Wildman–Crippen LogP) is 3.42. The van der Waals surface area contributed by atoms with E-state index >= 15 is 0 Å². The number of carbonyl (C=O) groups excluding carboxylic acids is 2. The molecule has 1 atom stereocenters. The zero-order valence-electron chi connectivity index (χ0n) is 15.2. The molecule has 0 saturated carbocycles. The zero-order chi connectivity index (χ0) is 19.9. The molecule has 0 radical (unpaired) electrons. The molecular weight excluding hydrogens is 379 g/mol. The number of thiazole rings is 1. The summed E-state index contributed by atoms with van der Waals surface area (Å²) in [6.07, 6.45) is 2.36. The third-order valence-electron chi connectivity index (χ3n) is 3.95. The lowest BCUT2D eigenvalue weighted by molar-refractivity contribution is -0.126. The van der Waals surface area contributed by atoms with Crippen LogP contribution in [0.3, 0.4) is 0 Å². The summed E-state index contributed by atoms with van der Waals surface area (Å²) in [4.78, 5) is 33.0. The van der Waals surface area contributed by atoms with Gasteiger partial charge in [0.2, 0.25) is 11.8 Å². The van der Waals surface area contributed by atoms with E-state index < -0.39 is 17.8 Å². The van der Waals surface area contributed by atoms with Gasteiger partial charge in [0, 0.05) is 18.0 Å². The molecule has 1 aromatic carbocycles. The molecule has 0 aliphatic rings. The van der Waals surface area contributed by atoms with Crippen LogP contribution in [0.4, 0.5) is 10.1 Å². The first-order valence-corrected chi connectivity index (χ1v) is 9.61. The van der Waals surface area contributed by atoms with E-state index in [1.165, 1.54) is 29.5 Å². The minimum Gasteiger partial charge on any atom is -0.345 e. The van der Waals surface area contributed by atoms with Crippen LogP contribution in [-0.4, -0.2) is 27.8 Å². The minimum absolute atomic E-state index is 0.0816. The summed E-state index contributed by atoms with van der Waals surface area (Å²) in [6, 6.07) is 10.7. The molecule has 144 valence electrons. The third-order valence-corrected chi connectivity index (χ3v) is 4.86. The molecule has 1 unspecified atom stereocenters. The van der Waals surface area contributed by atoms with E-state index in [2.05, 4.69) is 20.6 Å². The smallest absolute Gasteiger partial charge is 0.246 e. The van der Waals surface area contributed by atoms with Crippen LogP contribution in [0.25, 0.3) is 10.7 Å². The van der Waals surface area contributed by atoms with Gasteiger partial charge in [0.1, 0.15) is 16.9 Å². The summed E-state index contributed by atoms with van der Waals surface area (Å²) in [7, 11) is 0. The van der Waals surface area contributed by atoms with Gasteiger partial charge in [-0.25, -0.2) is 9.37 Å². The highest BCUT2D eigenvalue weighted by Crippen LogP contribution is 2.21. The first-order chi connectivity index (χ1) is 13.5. The van der Waals surface area contributed by atoms with Crippen LogP contribution < -0.4 is 10.6 Å². The average Bonchev–Trinajstić information content (AvgIpc) is 3.18. The zero-order valence-corrected chi connectivity index (χ0v) is 16.0. The van der Waals surface area contributed by atoms with Crippen LogP contribution in [0, 0.1) is 5.82 Å². The molecule has 3 aromatic rings. The molecule has 0 saturated heterocycles. The number of pyridine rings is 1. The molecule has 2 heterocycles. The average molecular weight is 398 g/mol. The Hall–Kier alpha value is -3.13. The van der Waals surface area contributed by atoms with Crippen molar-refractivity contribution in [3.05, 3.63) is 65.6 Å². The van der Waals surface area contributed by atoms with Gasteiger partial charge in [-0.15, -0.1) is 11.3 Å². The lowest BCUT2D eigenvalue weighted by atomic mass is 10.2. The van der Waals surface area contributed by atoms with Crippen molar-refractivity contribution < 1.29 is 14.0 Å². The van der Waals surface area contributed by atoms with E-state index in [0.29, 0.717) is 6.42 Å². The lowest BCUT2D eigenvalue weighted by Crippen LogP contribution is -2.41. The second-order valence-electron chi connectivity index (χ2n) is 6.12. The number of benzene rings is 1. The minimum atomic E-state index is -0.786. The van der Waals surface area contributed by atoms with E-state index in [1.807, 2.05) is 23.6 Å². The van der Waals surface area contributed by atoms with Crippen molar-refractivity contribution >= 4 is 28.8 Å². The normalized spacial score (nSPS) is 11.6. The fraction of sp³-hybridized carbons (Fsp3) is 0.200. The summed E-state index contributed by atoms with van der Waals surface area (Å²) in [5.41, 5.74) is 1.67. The quantitative estimate of drug-likeness (QED) is 0.639. The van der Waals surface area contributed by atoms with Gasteiger partial charge in [-0.2, -0.15) is 0 Å². The van der Waals surface area contributed by atoms with Gasteiger partial charge in [-0.3, -0.25) is 14.6 Å². The molecule has 3 rings (SSSR count). The van der Waals surface area contributed by atoms with Gasteiger partial charge >= 0.3 is 0 Å². The van der Waals surface area contributed by atoms with E-state index in [0.717, 1.165) is 16.4 Å². The first-order valence-electron chi connectivity index (χ1n) is 8.73. The number of aryl methyl sites for hydroxylation is 1. The summed E-state index contributed by atoms with van der Waals surface area (Å²) in [6.45, 7) is 1.55. The summed E-state index contributed by atoms with van der Waals surface area (Å²) in [5, 5.41) is 7.78. The standard InChI is InChI=1S/C20H19FN4O2S/c1-13(19(27)25-16-7-3-2-6-15(16)21)23-18(26)10-9-14-12-28-20(24-14)17-8-4-5-11-22-17/h2-8,11-13H,9-10H2,1H3,(H,23,26)(H,25,27). The van der Waals surface area contributed by atoms with Crippen LogP contribution in [0.5, 0.6) is 0 Å². The third kappa shape index (κ3) is 5.20. The Kier molecular flexibility index (Phi) is 6.44. The number of halogens is 1.